The van der Waals surface area contributed by atoms with E-state index in [1.807, 2.05) is 59.0 Å². The summed E-state index contributed by atoms with van der Waals surface area (Å²) < 4.78 is 12.0. The fourth-order valence-corrected chi connectivity index (χ4v) is 1.97. The van der Waals surface area contributed by atoms with E-state index in [0.717, 1.165) is 16.7 Å². The minimum absolute atomic E-state index is 0.328. The Hall–Kier alpha value is -1.26. The lowest BCUT2D eigenvalue weighted by atomic mass is 9.75. The van der Waals surface area contributed by atoms with Gasteiger partial charge in [0, 0.05) is 12.7 Å². The second kappa shape index (κ2) is 4.69. The number of benzene rings is 1. The van der Waals surface area contributed by atoms with E-state index in [4.69, 9.17) is 9.31 Å². The van der Waals surface area contributed by atoms with Gasteiger partial charge in [-0.25, -0.2) is 0 Å². The predicted octanol–water partition coefficient (Wildman–Crippen LogP) is 3.37. The summed E-state index contributed by atoms with van der Waals surface area (Å²) in [5.41, 5.74) is 2.32. The molecule has 1 saturated heterocycles. The van der Waals surface area contributed by atoms with Gasteiger partial charge in [-0.2, -0.15) is 0 Å². The molecule has 0 saturated carbocycles. The minimum atomic E-state index is -0.384. The van der Waals surface area contributed by atoms with Crippen molar-refractivity contribution < 1.29 is 9.31 Å². The average molecular weight is 259 g/mol. The van der Waals surface area contributed by atoms with Crippen LogP contribution in [0.5, 0.6) is 0 Å². The zero-order valence-electron chi connectivity index (χ0n) is 12.4. The number of anilines is 1. The molecule has 19 heavy (non-hydrogen) atoms. The van der Waals surface area contributed by atoms with Gasteiger partial charge in [0.2, 0.25) is 0 Å². The number of rotatable bonds is 3. The normalized spacial score (nSPS) is 20.4. The summed E-state index contributed by atoms with van der Waals surface area (Å²) in [5, 5.41) is 3.10. The van der Waals surface area contributed by atoms with Crippen molar-refractivity contribution in [1.29, 1.82) is 0 Å². The highest BCUT2D eigenvalue weighted by molar-refractivity contribution is 6.68. The van der Waals surface area contributed by atoms with Crippen molar-refractivity contribution >= 4 is 18.3 Å². The summed E-state index contributed by atoms with van der Waals surface area (Å²) in [6.07, 6.45) is 0. The maximum absolute atomic E-state index is 6.00. The van der Waals surface area contributed by atoms with Gasteiger partial charge in [-0.15, -0.1) is 0 Å². The third-order valence-electron chi connectivity index (χ3n) is 4.08. The monoisotopic (exact) mass is 259 g/mol. The smallest absolute Gasteiger partial charge is 0.399 e. The molecule has 0 unspecified atom stereocenters. The fourth-order valence-electron chi connectivity index (χ4n) is 1.97. The molecule has 3 nitrogen and oxygen atoms in total. The lowest BCUT2D eigenvalue weighted by Crippen LogP contribution is -2.41. The van der Waals surface area contributed by atoms with Gasteiger partial charge >= 0.3 is 7.12 Å². The van der Waals surface area contributed by atoms with Crippen LogP contribution in [-0.4, -0.2) is 25.4 Å². The molecule has 0 radical (unpaired) electrons. The summed E-state index contributed by atoms with van der Waals surface area (Å²) in [7, 11) is 1.52. The SMILES string of the molecule is C=C(B1OC(C)(C)C(C)(C)O1)c1ccc(NC)cc1. The Balaban J connectivity index is 2.17. The first kappa shape index (κ1) is 14.2. The lowest BCUT2D eigenvalue weighted by Gasteiger charge is -2.32. The minimum Gasteiger partial charge on any atom is -0.399 e. The zero-order valence-corrected chi connectivity index (χ0v) is 12.4. The molecule has 1 aromatic carbocycles. The summed E-state index contributed by atoms with van der Waals surface area (Å²) in [6.45, 7) is 12.3. The van der Waals surface area contributed by atoms with Gasteiger partial charge in [0.15, 0.2) is 0 Å². The van der Waals surface area contributed by atoms with E-state index in [-0.39, 0.29) is 18.3 Å². The van der Waals surface area contributed by atoms with E-state index >= 15 is 0 Å². The number of hydrogen-bond donors (Lipinski definition) is 1. The molecule has 2 rings (SSSR count). The maximum atomic E-state index is 6.00. The Bertz CT molecular complexity index is 463. The standard InChI is InChI=1S/C15H22BNO2/c1-11(12-7-9-13(17-6)10-8-12)16-18-14(2,3)15(4,5)19-16/h7-10,17H,1H2,2-6H3. The van der Waals surface area contributed by atoms with Crippen LogP contribution in [0.1, 0.15) is 33.3 Å². The molecule has 4 heteroatoms. The molecular weight excluding hydrogens is 237 g/mol. The predicted molar refractivity (Wildman–Crippen MR) is 81.1 cm³/mol. The highest BCUT2D eigenvalue weighted by Crippen LogP contribution is 2.40. The van der Waals surface area contributed by atoms with E-state index in [2.05, 4.69) is 11.9 Å². The largest absolute Gasteiger partial charge is 0.494 e. The van der Waals surface area contributed by atoms with Gasteiger partial charge in [-0.3, -0.25) is 0 Å². The molecule has 0 bridgehead atoms. The first-order valence-electron chi connectivity index (χ1n) is 6.59. The third kappa shape index (κ3) is 2.56. The van der Waals surface area contributed by atoms with Crippen LogP contribution in [0.4, 0.5) is 5.69 Å². The Morgan fingerprint density at radius 3 is 1.95 bits per heavy atom. The van der Waals surface area contributed by atoms with E-state index < -0.39 is 0 Å². The van der Waals surface area contributed by atoms with E-state index in [1.165, 1.54) is 0 Å². The van der Waals surface area contributed by atoms with Crippen molar-refractivity contribution in [3.63, 3.8) is 0 Å². The quantitative estimate of drug-likeness (QED) is 0.844. The van der Waals surface area contributed by atoms with Crippen LogP contribution in [0.15, 0.2) is 30.8 Å². The van der Waals surface area contributed by atoms with Crippen molar-refractivity contribution in [3.8, 4) is 0 Å². The van der Waals surface area contributed by atoms with Crippen LogP contribution < -0.4 is 5.32 Å². The Morgan fingerprint density at radius 2 is 1.53 bits per heavy atom. The molecule has 1 heterocycles. The van der Waals surface area contributed by atoms with Gasteiger partial charge < -0.3 is 14.6 Å². The Kier molecular flexibility index (Phi) is 3.50. The molecule has 1 N–H and O–H groups in total. The summed E-state index contributed by atoms with van der Waals surface area (Å²) >= 11 is 0. The molecule has 1 aliphatic heterocycles. The van der Waals surface area contributed by atoms with E-state index in [0.29, 0.717) is 0 Å². The van der Waals surface area contributed by atoms with Crippen LogP contribution in [0.2, 0.25) is 0 Å². The van der Waals surface area contributed by atoms with Gasteiger partial charge in [-0.1, -0.05) is 18.7 Å². The lowest BCUT2D eigenvalue weighted by molar-refractivity contribution is 0.00578. The molecule has 102 valence electrons. The molecule has 1 aliphatic rings. The molecule has 1 fully saturated rings. The van der Waals surface area contributed by atoms with Crippen molar-refractivity contribution in [2.24, 2.45) is 0 Å². The van der Waals surface area contributed by atoms with E-state index in [1.54, 1.807) is 0 Å². The van der Waals surface area contributed by atoms with Crippen LogP contribution in [0.3, 0.4) is 0 Å². The maximum Gasteiger partial charge on any atom is 0.494 e. The first-order chi connectivity index (χ1) is 8.77. The van der Waals surface area contributed by atoms with Crippen LogP contribution in [0.25, 0.3) is 5.47 Å². The second-order valence-corrected chi connectivity index (χ2v) is 5.94. The van der Waals surface area contributed by atoms with Crippen molar-refractivity contribution in [3.05, 3.63) is 36.4 Å². The van der Waals surface area contributed by atoms with Crippen molar-refractivity contribution in [2.75, 3.05) is 12.4 Å². The molecule has 0 aliphatic carbocycles. The Labute approximate surface area is 116 Å². The average Bonchev–Trinajstić information content (AvgIpc) is 2.58. The molecule has 0 atom stereocenters. The highest BCUT2D eigenvalue weighted by Gasteiger charge is 2.52. The van der Waals surface area contributed by atoms with Gasteiger partial charge in [0.1, 0.15) is 0 Å². The fraction of sp³-hybridized carbons (Fsp3) is 0.467. The first-order valence-corrected chi connectivity index (χ1v) is 6.59. The topological polar surface area (TPSA) is 30.5 Å². The molecule has 0 aromatic heterocycles. The third-order valence-corrected chi connectivity index (χ3v) is 4.08. The van der Waals surface area contributed by atoms with Gasteiger partial charge in [0.05, 0.1) is 11.2 Å². The molecular formula is C15H22BNO2. The highest BCUT2D eigenvalue weighted by atomic mass is 16.7. The number of nitrogens with one attached hydrogen (secondary N) is 1. The zero-order chi connectivity index (χ0) is 14.3. The van der Waals surface area contributed by atoms with Crippen molar-refractivity contribution in [2.45, 2.75) is 38.9 Å². The summed E-state index contributed by atoms with van der Waals surface area (Å²) in [5.74, 6) is 0. The summed E-state index contributed by atoms with van der Waals surface area (Å²) in [4.78, 5) is 0. The summed E-state index contributed by atoms with van der Waals surface area (Å²) in [6, 6.07) is 8.09. The van der Waals surface area contributed by atoms with Crippen LogP contribution in [-0.2, 0) is 9.31 Å². The van der Waals surface area contributed by atoms with Crippen LogP contribution in [0, 0.1) is 0 Å². The second-order valence-electron chi connectivity index (χ2n) is 5.94. The number of hydrogen-bond acceptors (Lipinski definition) is 3. The molecule has 0 amide bonds. The molecule has 0 spiro atoms. The van der Waals surface area contributed by atoms with Crippen molar-refractivity contribution in [1.82, 2.24) is 0 Å². The van der Waals surface area contributed by atoms with Gasteiger partial charge in [0.25, 0.3) is 0 Å². The van der Waals surface area contributed by atoms with Gasteiger partial charge in [-0.05, 0) is 50.9 Å². The Morgan fingerprint density at radius 1 is 1.05 bits per heavy atom. The van der Waals surface area contributed by atoms with Crippen LogP contribution >= 0.6 is 0 Å². The molecule has 1 aromatic rings. The van der Waals surface area contributed by atoms with E-state index in [9.17, 15) is 0 Å².